The van der Waals surface area contributed by atoms with Gasteiger partial charge in [0.2, 0.25) is 5.91 Å². The van der Waals surface area contributed by atoms with Crippen molar-refractivity contribution in [3.05, 3.63) is 65.7 Å². The summed E-state index contributed by atoms with van der Waals surface area (Å²) in [6.45, 7) is 2.25. The molecular formula is C17H18N2O2. The molecule has 2 aromatic rings. The highest BCUT2D eigenvalue weighted by Crippen LogP contribution is 2.05. The van der Waals surface area contributed by atoms with E-state index in [0.717, 1.165) is 11.3 Å². The Morgan fingerprint density at radius 3 is 2.48 bits per heavy atom. The van der Waals surface area contributed by atoms with Gasteiger partial charge in [0, 0.05) is 24.2 Å². The third kappa shape index (κ3) is 4.76. The van der Waals surface area contributed by atoms with Crippen LogP contribution in [0.4, 0.5) is 5.69 Å². The molecule has 0 saturated heterocycles. The molecule has 0 aliphatic carbocycles. The van der Waals surface area contributed by atoms with Gasteiger partial charge in [-0.15, -0.1) is 0 Å². The van der Waals surface area contributed by atoms with Crippen LogP contribution in [0.25, 0.3) is 0 Å². The average molecular weight is 282 g/mol. The summed E-state index contributed by atoms with van der Waals surface area (Å²) in [5.74, 6) is -0.281. The molecule has 108 valence electrons. The van der Waals surface area contributed by atoms with Crippen molar-refractivity contribution in [2.24, 2.45) is 0 Å². The zero-order valence-electron chi connectivity index (χ0n) is 11.9. The molecule has 21 heavy (non-hydrogen) atoms. The fourth-order valence-electron chi connectivity index (χ4n) is 1.92. The Balaban J connectivity index is 1.76. The van der Waals surface area contributed by atoms with Gasteiger partial charge >= 0.3 is 0 Å². The fraction of sp³-hybridized carbons (Fsp3) is 0.176. The molecular weight excluding hydrogens is 264 g/mol. The van der Waals surface area contributed by atoms with E-state index >= 15 is 0 Å². The molecule has 0 radical (unpaired) electrons. The second-order valence-corrected chi connectivity index (χ2v) is 4.79. The molecule has 0 aliphatic rings. The molecule has 0 aromatic heterocycles. The molecule has 2 amide bonds. The number of amides is 2. The number of para-hydroxylation sites is 1. The number of anilines is 1. The molecule has 0 fully saturated rings. The van der Waals surface area contributed by atoms with Gasteiger partial charge in [0.1, 0.15) is 0 Å². The molecule has 0 bridgehead atoms. The van der Waals surface area contributed by atoms with Gasteiger partial charge in [0.05, 0.1) is 0 Å². The van der Waals surface area contributed by atoms with Crippen molar-refractivity contribution in [1.29, 1.82) is 0 Å². The van der Waals surface area contributed by atoms with Gasteiger partial charge in [0.15, 0.2) is 0 Å². The lowest BCUT2D eigenvalue weighted by Crippen LogP contribution is -2.27. The predicted octanol–water partition coefficient (Wildman–Crippen LogP) is 2.75. The van der Waals surface area contributed by atoms with E-state index in [1.807, 2.05) is 55.5 Å². The molecule has 2 rings (SSSR count). The molecule has 0 saturated carbocycles. The first kappa shape index (κ1) is 14.8. The number of nitrogens with one attached hydrogen (secondary N) is 2. The Hall–Kier alpha value is -2.62. The highest BCUT2D eigenvalue weighted by atomic mass is 16.2. The summed E-state index contributed by atoms with van der Waals surface area (Å²) in [5.41, 5.74) is 2.40. The van der Waals surface area contributed by atoms with Crippen molar-refractivity contribution in [2.75, 3.05) is 11.9 Å². The van der Waals surface area contributed by atoms with Crippen LogP contribution in [0, 0.1) is 6.92 Å². The lowest BCUT2D eigenvalue weighted by Gasteiger charge is -2.07. The number of aryl methyl sites for hydroxylation is 1. The first-order chi connectivity index (χ1) is 10.1. The largest absolute Gasteiger partial charge is 0.352 e. The highest BCUT2D eigenvalue weighted by Gasteiger charge is 2.06. The van der Waals surface area contributed by atoms with Crippen LogP contribution in [-0.4, -0.2) is 18.4 Å². The summed E-state index contributed by atoms with van der Waals surface area (Å²) < 4.78 is 0. The molecule has 0 spiro atoms. The summed E-state index contributed by atoms with van der Waals surface area (Å²) in [5, 5.41) is 5.52. The summed E-state index contributed by atoms with van der Waals surface area (Å²) in [6.07, 6.45) is 0.243. The standard InChI is InChI=1S/C17H18N2O2/c1-13-6-5-7-14(12-13)17(21)18-11-10-16(20)19-15-8-3-2-4-9-15/h2-9,12H,10-11H2,1H3,(H,18,21)(H,19,20). The van der Waals surface area contributed by atoms with Crippen LogP contribution in [0.5, 0.6) is 0 Å². The van der Waals surface area contributed by atoms with Crippen molar-refractivity contribution < 1.29 is 9.59 Å². The van der Waals surface area contributed by atoms with Gasteiger partial charge < -0.3 is 10.6 Å². The van der Waals surface area contributed by atoms with Crippen LogP contribution in [0.2, 0.25) is 0 Å². The van der Waals surface area contributed by atoms with Crippen LogP contribution in [0.1, 0.15) is 22.3 Å². The van der Waals surface area contributed by atoms with Crippen LogP contribution >= 0.6 is 0 Å². The zero-order chi connectivity index (χ0) is 15.1. The average Bonchev–Trinajstić information content (AvgIpc) is 2.48. The monoisotopic (exact) mass is 282 g/mol. The lowest BCUT2D eigenvalue weighted by molar-refractivity contribution is -0.116. The lowest BCUT2D eigenvalue weighted by atomic mass is 10.1. The van der Waals surface area contributed by atoms with E-state index in [1.165, 1.54) is 0 Å². The van der Waals surface area contributed by atoms with E-state index in [-0.39, 0.29) is 18.2 Å². The van der Waals surface area contributed by atoms with Crippen molar-refractivity contribution in [3.63, 3.8) is 0 Å². The Morgan fingerprint density at radius 1 is 1.00 bits per heavy atom. The number of hydrogen-bond acceptors (Lipinski definition) is 2. The minimum atomic E-state index is -0.161. The van der Waals surface area contributed by atoms with Crippen LogP contribution in [0.3, 0.4) is 0 Å². The van der Waals surface area contributed by atoms with Crippen molar-refractivity contribution >= 4 is 17.5 Å². The van der Waals surface area contributed by atoms with E-state index in [4.69, 9.17) is 0 Å². The van der Waals surface area contributed by atoms with Crippen molar-refractivity contribution in [2.45, 2.75) is 13.3 Å². The zero-order valence-corrected chi connectivity index (χ0v) is 11.9. The Morgan fingerprint density at radius 2 is 1.76 bits per heavy atom. The van der Waals surface area contributed by atoms with Crippen molar-refractivity contribution in [1.82, 2.24) is 5.32 Å². The molecule has 2 N–H and O–H groups in total. The van der Waals surface area contributed by atoms with E-state index in [1.54, 1.807) is 6.07 Å². The minimum Gasteiger partial charge on any atom is -0.352 e. The first-order valence-corrected chi connectivity index (χ1v) is 6.85. The number of benzene rings is 2. The first-order valence-electron chi connectivity index (χ1n) is 6.85. The maximum Gasteiger partial charge on any atom is 0.251 e. The molecule has 4 nitrogen and oxygen atoms in total. The molecule has 0 unspecified atom stereocenters. The molecule has 4 heteroatoms. The van der Waals surface area contributed by atoms with Gasteiger partial charge in [-0.1, -0.05) is 35.9 Å². The van der Waals surface area contributed by atoms with Gasteiger partial charge in [-0.05, 0) is 31.2 Å². The van der Waals surface area contributed by atoms with Crippen LogP contribution in [0.15, 0.2) is 54.6 Å². The van der Waals surface area contributed by atoms with E-state index in [0.29, 0.717) is 12.1 Å². The summed E-state index contributed by atoms with van der Waals surface area (Å²) >= 11 is 0. The van der Waals surface area contributed by atoms with Crippen LogP contribution < -0.4 is 10.6 Å². The van der Waals surface area contributed by atoms with Gasteiger partial charge in [-0.3, -0.25) is 9.59 Å². The smallest absolute Gasteiger partial charge is 0.251 e. The highest BCUT2D eigenvalue weighted by molar-refractivity contribution is 5.95. The van der Waals surface area contributed by atoms with Gasteiger partial charge in [0.25, 0.3) is 5.91 Å². The topological polar surface area (TPSA) is 58.2 Å². The van der Waals surface area contributed by atoms with Crippen LogP contribution in [-0.2, 0) is 4.79 Å². The third-order valence-electron chi connectivity index (χ3n) is 2.98. The minimum absolute atomic E-state index is 0.120. The number of carbonyl (C=O) groups is 2. The second-order valence-electron chi connectivity index (χ2n) is 4.79. The fourth-order valence-corrected chi connectivity index (χ4v) is 1.92. The molecule has 2 aromatic carbocycles. The van der Waals surface area contributed by atoms with E-state index in [9.17, 15) is 9.59 Å². The Labute approximate surface area is 124 Å². The van der Waals surface area contributed by atoms with E-state index in [2.05, 4.69) is 10.6 Å². The summed E-state index contributed by atoms with van der Waals surface area (Å²) in [4.78, 5) is 23.6. The molecule has 0 atom stereocenters. The predicted molar refractivity (Wildman–Crippen MR) is 83.2 cm³/mol. The Bertz CT molecular complexity index is 624. The number of carbonyl (C=O) groups excluding carboxylic acids is 2. The molecule has 0 aliphatic heterocycles. The van der Waals surface area contributed by atoms with Crippen molar-refractivity contribution in [3.8, 4) is 0 Å². The van der Waals surface area contributed by atoms with Gasteiger partial charge in [-0.25, -0.2) is 0 Å². The third-order valence-corrected chi connectivity index (χ3v) is 2.98. The second kappa shape index (κ2) is 7.24. The van der Waals surface area contributed by atoms with E-state index < -0.39 is 0 Å². The Kier molecular flexibility index (Phi) is 5.10. The summed E-state index contributed by atoms with van der Waals surface area (Å²) in [7, 11) is 0. The summed E-state index contributed by atoms with van der Waals surface area (Å²) in [6, 6.07) is 16.6. The maximum absolute atomic E-state index is 11.9. The SMILES string of the molecule is Cc1cccc(C(=O)NCCC(=O)Nc2ccccc2)c1. The molecule has 0 heterocycles. The van der Waals surface area contributed by atoms with Gasteiger partial charge in [-0.2, -0.15) is 0 Å². The quantitative estimate of drug-likeness (QED) is 0.886. The normalized spacial score (nSPS) is 9.95. The maximum atomic E-state index is 11.9. The number of hydrogen-bond donors (Lipinski definition) is 2. The number of rotatable bonds is 5.